The summed E-state index contributed by atoms with van der Waals surface area (Å²) in [4.78, 5) is 28.5. The van der Waals surface area contributed by atoms with Gasteiger partial charge in [-0.2, -0.15) is 0 Å². The van der Waals surface area contributed by atoms with Crippen molar-refractivity contribution in [1.82, 2.24) is 0 Å². The van der Waals surface area contributed by atoms with Crippen molar-refractivity contribution < 1.29 is 28.5 Å². The molecule has 0 N–H and O–H groups in total. The zero-order chi connectivity index (χ0) is 31.7. The van der Waals surface area contributed by atoms with Crippen LogP contribution in [-0.2, 0) is 9.59 Å². The van der Waals surface area contributed by atoms with Gasteiger partial charge < -0.3 is 18.9 Å². The topological polar surface area (TPSA) is 71.1 Å². The zero-order valence-corrected chi connectivity index (χ0v) is 26.9. The van der Waals surface area contributed by atoms with Crippen LogP contribution in [0, 0.1) is 27.7 Å². The van der Waals surface area contributed by atoms with Crippen molar-refractivity contribution in [2.75, 3.05) is 0 Å². The molecule has 0 fully saturated rings. The first kappa shape index (κ1) is 31.5. The SMILES string of the molecule is Cc1cc(OC2=C(Oc3ccc(Cl)c(C)c3)C(=O)C(Oc3ccc(Cl)c(C)c3)=C(Oc3ccc(Cl)c(C)c3)C2=O)ccc1Cl. The smallest absolute Gasteiger partial charge is 0.271 e. The average Bonchev–Trinajstić information content (AvgIpc) is 2.98. The lowest BCUT2D eigenvalue weighted by molar-refractivity contribution is -0.122. The molecular weight excluding hydrogens is 646 g/mol. The lowest BCUT2D eigenvalue weighted by Crippen LogP contribution is -2.33. The largest absolute Gasteiger partial charge is 0.449 e. The molecule has 44 heavy (non-hydrogen) atoms. The number of ketones is 2. The summed E-state index contributed by atoms with van der Waals surface area (Å²) in [7, 11) is 0. The minimum Gasteiger partial charge on any atom is -0.449 e. The summed E-state index contributed by atoms with van der Waals surface area (Å²) in [5, 5.41) is 2.01. The van der Waals surface area contributed by atoms with Gasteiger partial charge in [0.15, 0.2) is 0 Å². The molecule has 6 nitrogen and oxygen atoms in total. The number of carbonyl (C=O) groups excluding carboxylic acids is 2. The molecule has 0 spiro atoms. The molecule has 10 heteroatoms. The van der Waals surface area contributed by atoms with Crippen LogP contribution in [0.2, 0.25) is 20.1 Å². The second kappa shape index (κ2) is 13.0. The summed E-state index contributed by atoms with van der Waals surface area (Å²) >= 11 is 24.8. The van der Waals surface area contributed by atoms with Crippen LogP contribution >= 0.6 is 46.4 Å². The van der Waals surface area contributed by atoms with E-state index in [9.17, 15) is 9.59 Å². The minimum atomic E-state index is -0.800. The van der Waals surface area contributed by atoms with Crippen LogP contribution in [0.4, 0.5) is 0 Å². The fourth-order valence-electron chi connectivity index (χ4n) is 4.18. The molecular formula is C34H24Cl4O6. The second-order valence-corrected chi connectivity index (χ2v) is 11.7. The lowest BCUT2D eigenvalue weighted by Gasteiger charge is -2.24. The van der Waals surface area contributed by atoms with Crippen molar-refractivity contribution in [3.63, 3.8) is 0 Å². The van der Waals surface area contributed by atoms with E-state index in [-0.39, 0.29) is 23.0 Å². The molecule has 4 aromatic rings. The number of aryl methyl sites for hydroxylation is 4. The number of halogens is 4. The van der Waals surface area contributed by atoms with Gasteiger partial charge in [-0.25, -0.2) is 0 Å². The van der Waals surface area contributed by atoms with E-state index in [2.05, 4.69) is 0 Å². The molecule has 224 valence electrons. The highest BCUT2D eigenvalue weighted by Gasteiger charge is 2.42. The maximum absolute atomic E-state index is 14.3. The molecule has 0 unspecified atom stereocenters. The van der Waals surface area contributed by atoms with E-state index in [0.29, 0.717) is 42.3 Å². The van der Waals surface area contributed by atoms with Crippen molar-refractivity contribution >= 4 is 58.0 Å². The van der Waals surface area contributed by atoms with E-state index in [0.717, 1.165) is 0 Å². The summed E-state index contributed by atoms with van der Waals surface area (Å²) in [6.07, 6.45) is 0. The Bertz CT molecular complexity index is 1630. The van der Waals surface area contributed by atoms with Gasteiger partial charge in [-0.3, -0.25) is 9.59 Å². The van der Waals surface area contributed by atoms with Crippen LogP contribution in [0.15, 0.2) is 95.8 Å². The summed E-state index contributed by atoms with van der Waals surface area (Å²) in [5.41, 5.74) is 2.78. The lowest BCUT2D eigenvalue weighted by atomic mass is 10.0. The fourth-order valence-corrected chi connectivity index (χ4v) is 4.65. The fraction of sp³-hybridized carbons (Fsp3) is 0.118. The maximum Gasteiger partial charge on any atom is 0.271 e. The van der Waals surface area contributed by atoms with E-state index < -0.39 is 34.6 Å². The Hall–Kier alpha value is -3.94. The molecule has 0 aromatic heterocycles. The van der Waals surface area contributed by atoms with Crippen LogP contribution in [0.3, 0.4) is 0 Å². The number of hydrogen-bond acceptors (Lipinski definition) is 6. The quantitative estimate of drug-likeness (QED) is 0.174. The van der Waals surface area contributed by atoms with Gasteiger partial charge in [-0.15, -0.1) is 0 Å². The number of Topliss-reactive ketones (excluding diaryl/α,β-unsaturated/α-hetero) is 2. The van der Waals surface area contributed by atoms with Crippen molar-refractivity contribution in [3.8, 4) is 23.0 Å². The third kappa shape index (κ3) is 6.74. The van der Waals surface area contributed by atoms with Crippen LogP contribution < -0.4 is 18.9 Å². The Kier molecular flexibility index (Phi) is 9.28. The van der Waals surface area contributed by atoms with E-state index >= 15 is 0 Å². The first-order chi connectivity index (χ1) is 20.9. The summed E-state index contributed by atoms with van der Waals surface area (Å²) < 4.78 is 24.2. The van der Waals surface area contributed by atoms with Crippen molar-refractivity contribution in [3.05, 3.63) is 138 Å². The van der Waals surface area contributed by atoms with Gasteiger partial charge in [0.25, 0.3) is 11.6 Å². The van der Waals surface area contributed by atoms with Crippen molar-refractivity contribution in [2.45, 2.75) is 27.7 Å². The van der Waals surface area contributed by atoms with Gasteiger partial charge in [0.2, 0.25) is 23.0 Å². The molecule has 5 rings (SSSR count). The molecule has 0 aliphatic heterocycles. The summed E-state index contributed by atoms with van der Waals surface area (Å²) in [6, 6.07) is 19.3. The molecule has 4 aromatic carbocycles. The van der Waals surface area contributed by atoms with Crippen molar-refractivity contribution in [1.29, 1.82) is 0 Å². The monoisotopic (exact) mass is 668 g/mol. The predicted octanol–water partition coefficient (Wildman–Crippen LogP) is 9.72. The Morgan fingerprint density at radius 1 is 0.386 bits per heavy atom. The van der Waals surface area contributed by atoms with Gasteiger partial charge >= 0.3 is 0 Å². The van der Waals surface area contributed by atoms with Gasteiger partial charge in [0, 0.05) is 20.1 Å². The highest BCUT2D eigenvalue weighted by molar-refractivity contribution is 6.32. The molecule has 0 radical (unpaired) electrons. The van der Waals surface area contributed by atoms with Gasteiger partial charge in [0.05, 0.1) is 0 Å². The van der Waals surface area contributed by atoms with E-state index in [4.69, 9.17) is 65.4 Å². The first-order valence-electron chi connectivity index (χ1n) is 13.2. The van der Waals surface area contributed by atoms with Gasteiger partial charge in [0.1, 0.15) is 23.0 Å². The highest BCUT2D eigenvalue weighted by atomic mass is 35.5. The minimum absolute atomic E-state index is 0.246. The molecule has 0 atom stereocenters. The predicted molar refractivity (Wildman–Crippen MR) is 171 cm³/mol. The summed E-state index contributed by atoms with van der Waals surface area (Å²) in [5.74, 6) is -2.26. The van der Waals surface area contributed by atoms with E-state index in [1.165, 1.54) is 0 Å². The highest BCUT2D eigenvalue weighted by Crippen LogP contribution is 2.35. The van der Waals surface area contributed by atoms with E-state index in [1.807, 2.05) is 0 Å². The van der Waals surface area contributed by atoms with Crippen LogP contribution in [0.1, 0.15) is 22.3 Å². The molecule has 0 heterocycles. The van der Waals surface area contributed by atoms with Crippen LogP contribution in [0.25, 0.3) is 0 Å². The maximum atomic E-state index is 14.3. The second-order valence-electron chi connectivity index (χ2n) is 10.0. The third-order valence-corrected chi connectivity index (χ3v) is 8.33. The number of rotatable bonds is 8. The third-order valence-electron chi connectivity index (χ3n) is 6.63. The number of ether oxygens (including phenoxy) is 4. The Morgan fingerprint density at radius 3 is 0.773 bits per heavy atom. The number of carbonyl (C=O) groups is 2. The number of hydrogen-bond donors (Lipinski definition) is 0. The first-order valence-corrected chi connectivity index (χ1v) is 14.8. The Balaban J connectivity index is 1.66. The Morgan fingerprint density at radius 2 is 0.591 bits per heavy atom. The molecule has 0 saturated carbocycles. The van der Waals surface area contributed by atoms with E-state index in [1.54, 1.807) is 100 Å². The van der Waals surface area contributed by atoms with Gasteiger partial charge in [-0.05, 0) is 123 Å². The summed E-state index contributed by atoms with van der Waals surface area (Å²) in [6.45, 7) is 7.12. The van der Waals surface area contributed by atoms with Crippen LogP contribution in [-0.4, -0.2) is 11.6 Å². The van der Waals surface area contributed by atoms with Gasteiger partial charge in [-0.1, -0.05) is 46.4 Å². The zero-order valence-electron chi connectivity index (χ0n) is 23.9. The van der Waals surface area contributed by atoms with Crippen molar-refractivity contribution in [2.24, 2.45) is 0 Å². The molecule has 0 saturated heterocycles. The molecule has 0 bridgehead atoms. The Labute approximate surface area is 274 Å². The molecule has 0 amide bonds. The number of benzene rings is 4. The molecule has 1 aliphatic carbocycles. The molecule has 1 aliphatic rings. The standard InChI is InChI=1S/C34H24Cl4O6/c1-17-13-21(5-9-25(17)35)41-31-29(39)33(43-23-7-11-27(37)19(3)15-23)34(44-24-8-12-28(38)20(4)16-24)30(40)32(31)42-22-6-10-26(36)18(2)14-22/h5-16H,1-4H3. The average molecular weight is 670 g/mol. The normalized spacial score (nSPS) is 13.4. The van der Waals surface area contributed by atoms with Crippen LogP contribution in [0.5, 0.6) is 23.0 Å².